The molecule has 1 unspecified atom stereocenters. The Bertz CT molecular complexity index is 356. The molecule has 0 saturated heterocycles. The van der Waals surface area contributed by atoms with Gasteiger partial charge in [-0.15, -0.1) is 23.7 Å². The molecule has 0 amide bonds. The van der Waals surface area contributed by atoms with Gasteiger partial charge in [-0.25, -0.2) is 0 Å². The van der Waals surface area contributed by atoms with Gasteiger partial charge in [0.1, 0.15) is 0 Å². The number of nitrogens with zero attached hydrogens (tertiary/aromatic N) is 1. The highest BCUT2D eigenvalue weighted by Gasteiger charge is 2.12. The number of hydrogen-bond acceptors (Lipinski definition) is 3. The Balaban J connectivity index is 0.000000980. The van der Waals surface area contributed by atoms with Gasteiger partial charge in [0.15, 0.2) is 0 Å². The molecule has 1 atom stereocenters. The van der Waals surface area contributed by atoms with Crippen LogP contribution in [0.1, 0.15) is 21.4 Å². The molecule has 14 heavy (non-hydrogen) atoms. The van der Waals surface area contributed by atoms with Crippen LogP contribution in [-0.4, -0.2) is 6.34 Å². The van der Waals surface area contributed by atoms with Crippen molar-refractivity contribution in [3.05, 3.63) is 33.7 Å². The molecule has 76 valence electrons. The largest absolute Gasteiger partial charge is 0.353 e. The SMILES string of the molecule is Cc1cc(C2C=CNC=N2)c(C)s1.Cl. The van der Waals surface area contributed by atoms with E-state index < -0.39 is 0 Å². The summed E-state index contributed by atoms with van der Waals surface area (Å²) in [5, 5.41) is 2.94. The average Bonchev–Trinajstić information content (AvgIpc) is 2.47. The van der Waals surface area contributed by atoms with Crippen LogP contribution in [0.2, 0.25) is 0 Å². The van der Waals surface area contributed by atoms with E-state index in [1.165, 1.54) is 15.3 Å². The Morgan fingerprint density at radius 3 is 2.71 bits per heavy atom. The van der Waals surface area contributed by atoms with Crippen molar-refractivity contribution >= 4 is 30.1 Å². The molecule has 1 aromatic rings. The van der Waals surface area contributed by atoms with Gasteiger partial charge in [-0.2, -0.15) is 0 Å². The second-order valence-corrected chi connectivity index (χ2v) is 4.58. The molecule has 2 rings (SSSR count). The van der Waals surface area contributed by atoms with Crippen molar-refractivity contribution in [2.75, 3.05) is 0 Å². The molecule has 1 N–H and O–H groups in total. The van der Waals surface area contributed by atoms with Crippen LogP contribution in [0.25, 0.3) is 0 Å². The second-order valence-electron chi connectivity index (χ2n) is 3.12. The van der Waals surface area contributed by atoms with E-state index in [0.29, 0.717) is 0 Å². The molecule has 0 saturated carbocycles. The zero-order valence-corrected chi connectivity index (χ0v) is 9.78. The molecule has 1 aromatic heterocycles. The minimum Gasteiger partial charge on any atom is -0.353 e. The van der Waals surface area contributed by atoms with E-state index in [1.807, 2.05) is 17.5 Å². The number of aliphatic imine (C=N–C) groups is 1. The highest BCUT2D eigenvalue weighted by molar-refractivity contribution is 7.12. The summed E-state index contributed by atoms with van der Waals surface area (Å²) in [4.78, 5) is 7.08. The Kier molecular flexibility index (Phi) is 3.72. The molecule has 0 fully saturated rings. The Labute approximate surface area is 94.2 Å². The summed E-state index contributed by atoms with van der Waals surface area (Å²) in [6, 6.07) is 2.43. The number of halogens is 1. The van der Waals surface area contributed by atoms with Crippen molar-refractivity contribution in [1.82, 2.24) is 5.32 Å². The van der Waals surface area contributed by atoms with Gasteiger partial charge in [0.25, 0.3) is 0 Å². The minimum absolute atomic E-state index is 0. The Morgan fingerprint density at radius 1 is 1.43 bits per heavy atom. The fourth-order valence-electron chi connectivity index (χ4n) is 1.49. The van der Waals surface area contributed by atoms with Crippen molar-refractivity contribution in [3.63, 3.8) is 0 Å². The zero-order chi connectivity index (χ0) is 9.26. The van der Waals surface area contributed by atoms with Crippen molar-refractivity contribution in [2.24, 2.45) is 4.99 Å². The van der Waals surface area contributed by atoms with E-state index >= 15 is 0 Å². The second kappa shape index (κ2) is 4.62. The van der Waals surface area contributed by atoms with Crippen LogP contribution in [0, 0.1) is 13.8 Å². The van der Waals surface area contributed by atoms with Gasteiger partial charge in [0.05, 0.1) is 12.4 Å². The molecule has 2 nitrogen and oxygen atoms in total. The Morgan fingerprint density at radius 2 is 2.21 bits per heavy atom. The van der Waals surface area contributed by atoms with Crippen LogP contribution >= 0.6 is 23.7 Å². The number of rotatable bonds is 1. The van der Waals surface area contributed by atoms with Crippen molar-refractivity contribution in [3.8, 4) is 0 Å². The monoisotopic (exact) mass is 228 g/mol. The van der Waals surface area contributed by atoms with Crippen molar-refractivity contribution < 1.29 is 0 Å². The van der Waals surface area contributed by atoms with E-state index in [1.54, 1.807) is 6.34 Å². The van der Waals surface area contributed by atoms with E-state index in [2.05, 4.69) is 36.3 Å². The van der Waals surface area contributed by atoms with E-state index in [0.717, 1.165) is 0 Å². The standard InChI is InChI=1S/C10H12N2S.ClH/c1-7-5-9(8(2)13-7)10-3-4-11-6-12-10;/h3-6,10H,1-2H3,(H,11,12);1H. The molecular weight excluding hydrogens is 216 g/mol. The molecule has 0 spiro atoms. The van der Waals surface area contributed by atoms with Crippen LogP contribution in [0.5, 0.6) is 0 Å². The minimum atomic E-state index is 0. The summed E-state index contributed by atoms with van der Waals surface area (Å²) in [6.07, 6.45) is 5.76. The topological polar surface area (TPSA) is 24.4 Å². The normalized spacial score (nSPS) is 18.9. The number of hydrogen-bond donors (Lipinski definition) is 1. The number of nitrogens with one attached hydrogen (secondary N) is 1. The number of aryl methyl sites for hydroxylation is 2. The first-order valence-electron chi connectivity index (χ1n) is 4.28. The fraction of sp³-hybridized carbons (Fsp3) is 0.300. The summed E-state index contributed by atoms with van der Waals surface area (Å²) < 4.78 is 0. The number of thiophene rings is 1. The lowest BCUT2D eigenvalue weighted by Crippen LogP contribution is -2.08. The highest BCUT2D eigenvalue weighted by atomic mass is 35.5. The van der Waals surface area contributed by atoms with Crippen LogP contribution in [0.3, 0.4) is 0 Å². The van der Waals surface area contributed by atoms with Crippen LogP contribution < -0.4 is 5.32 Å². The van der Waals surface area contributed by atoms with Crippen LogP contribution in [-0.2, 0) is 0 Å². The van der Waals surface area contributed by atoms with Gasteiger partial charge in [-0.05, 0) is 31.6 Å². The quantitative estimate of drug-likeness (QED) is 0.785. The lowest BCUT2D eigenvalue weighted by Gasteiger charge is -2.10. The maximum absolute atomic E-state index is 4.36. The molecule has 0 bridgehead atoms. The van der Waals surface area contributed by atoms with Crippen LogP contribution in [0.4, 0.5) is 0 Å². The highest BCUT2D eigenvalue weighted by Crippen LogP contribution is 2.29. The van der Waals surface area contributed by atoms with Gasteiger partial charge in [-0.1, -0.05) is 0 Å². The molecule has 4 heteroatoms. The zero-order valence-electron chi connectivity index (χ0n) is 8.15. The smallest absolute Gasteiger partial charge is 0.0975 e. The summed E-state index contributed by atoms with van der Waals surface area (Å²) in [6.45, 7) is 4.29. The molecular formula is C10H13ClN2S. The lowest BCUT2D eigenvalue weighted by atomic mass is 10.1. The first kappa shape index (κ1) is 11.3. The van der Waals surface area contributed by atoms with Gasteiger partial charge >= 0.3 is 0 Å². The summed E-state index contributed by atoms with van der Waals surface area (Å²) in [5.41, 5.74) is 1.33. The van der Waals surface area contributed by atoms with Crippen molar-refractivity contribution in [1.29, 1.82) is 0 Å². The molecule has 0 aromatic carbocycles. The van der Waals surface area contributed by atoms with Gasteiger partial charge in [0.2, 0.25) is 0 Å². The van der Waals surface area contributed by atoms with Gasteiger partial charge < -0.3 is 5.32 Å². The van der Waals surface area contributed by atoms with Gasteiger partial charge in [0, 0.05) is 16.0 Å². The third-order valence-corrected chi connectivity index (χ3v) is 3.06. The van der Waals surface area contributed by atoms with E-state index in [9.17, 15) is 0 Å². The predicted octanol–water partition coefficient (Wildman–Crippen LogP) is 2.97. The predicted molar refractivity (Wildman–Crippen MR) is 64.5 cm³/mol. The maximum atomic E-state index is 4.36. The third kappa shape index (κ3) is 2.16. The molecule has 0 aliphatic carbocycles. The lowest BCUT2D eigenvalue weighted by molar-refractivity contribution is 0.881. The summed E-state index contributed by atoms with van der Waals surface area (Å²) in [7, 11) is 0. The summed E-state index contributed by atoms with van der Waals surface area (Å²) in [5.74, 6) is 0. The first-order chi connectivity index (χ1) is 6.27. The Hall–Kier alpha value is -0.800. The van der Waals surface area contributed by atoms with Crippen molar-refractivity contribution in [2.45, 2.75) is 19.9 Å². The van der Waals surface area contributed by atoms with Crippen LogP contribution in [0.15, 0.2) is 23.3 Å². The average molecular weight is 229 g/mol. The first-order valence-corrected chi connectivity index (χ1v) is 5.10. The molecule has 0 radical (unpaired) electrons. The fourth-order valence-corrected chi connectivity index (χ4v) is 2.46. The summed E-state index contributed by atoms with van der Waals surface area (Å²) >= 11 is 1.83. The maximum Gasteiger partial charge on any atom is 0.0975 e. The molecule has 1 aliphatic rings. The van der Waals surface area contributed by atoms with Gasteiger partial charge in [-0.3, -0.25) is 4.99 Å². The third-order valence-electron chi connectivity index (χ3n) is 2.08. The molecule has 2 heterocycles. The van der Waals surface area contributed by atoms with E-state index in [4.69, 9.17) is 0 Å². The van der Waals surface area contributed by atoms with E-state index in [-0.39, 0.29) is 18.4 Å². The molecule has 1 aliphatic heterocycles.